The Balaban J connectivity index is 0.00000176. The van der Waals surface area contributed by atoms with Gasteiger partial charge in [-0.2, -0.15) is 15.1 Å². The van der Waals surface area contributed by atoms with E-state index in [4.69, 9.17) is 19.6 Å². The monoisotopic (exact) mass is 502 g/mol. The fraction of sp³-hybridized carbons (Fsp3) is 0.821. The van der Waals surface area contributed by atoms with Gasteiger partial charge < -0.3 is 14.4 Å². The van der Waals surface area contributed by atoms with Gasteiger partial charge in [0.2, 0.25) is 0 Å². The molecule has 3 aliphatic rings. The van der Waals surface area contributed by atoms with Gasteiger partial charge in [-0.3, -0.25) is 10.3 Å². The predicted molar refractivity (Wildman–Crippen MR) is 149 cm³/mol. The van der Waals surface area contributed by atoms with E-state index in [-0.39, 0.29) is 0 Å². The van der Waals surface area contributed by atoms with E-state index >= 15 is 0 Å². The van der Waals surface area contributed by atoms with Crippen LogP contribution in [0.15, 0.2) is 11.2 Å². The Morgan fingerprint density at radius 3 is 2.61 bits per heavy atom. The van der Waals surface area contributed by atoms with Gasteiger partial charge in [0, 0.05) is 44.5 Å². The summed E-state index contributed by atoms with van der Waals surface area (Å²) in [6.07, 6.45) is 13.8. The van der Waals surface area contributed by atoms with Crippen LogP contribution in [0.3, 0.4) is 0 Å². The summed E-state index contributed by atoms with van der Waals surface area (Å²) in [6, 6.07) is 2.49. The SMILES string of the molecule is CC.CCCCC[C@H]1CCCC/C1=N\Nc1cc(N2CCCCC2)nc(OCCN2CCOCC2)n1. The van der Waals surface area contributed by atoms with Crippen LogP contribution in [0.2, 0.25) is 0 Å². The highest BCUT2D eigenvalue weighted by molar-refractivity contribution is 5.88. The maximum Gasteiger partial charge on any atom is 0.320 e. The summed E-state index contributed by atoms with van der Waals surface area (Å²) in [4.78, 5) is 14.2. The lowest BCUT2D eigenvalue weighted by atomic mass is 9.84. The number of aromatic nitrogens is 2. The van der Waals surface area contributed by atoms with E-state index in [0.29, 0.717) is 18.5 Å². The molecule has 204 valence electrons. The summed E-state index contributed by atoms with van der Waals surface area (Å²) >= 11 is 0. The van der Waals surface area contributed by atoms with Gasteiger partial charge >= 0.3 is 6.01 Å². The van der Waals surface area contributed by atoms with E-state index in [1.807, 2.05) is 19.9 Å². The van der Waals surface area contributed by atoms with E-state index < -0.39 is 0 Å². The highest BCUT2D eigenvalue weighted by Gasteiger charge is 2.21. The number of hydrogen-bond donors (Lipinski definition) is 1. The van der Waals surface area contributed by atoms with Gasteiger partial charge in [0.05, 0.1) is 13.2 Å². The summed E-state index contributed by atoms with van der Waals surface area (Å²) in [5.41, 5.74) is 4.61. The molecule has 36 heavy (non-hydrogen) atoms. The van der Waals surface area contributed by atoms with Gasteiger partial charge in [0.1, 0.15) is 12.4 Å². The van der Waals surface area contributed by atoms with Crippen LogP contribution in [-0.2, 0) is 4.74 Å². The van der Waals surface area contributed by atoms with Gasteiger partial charge in [-0.05, 0) is 50.9 Å². The number of hydrazone groups is 1. The first-order valence-electron chi connectivity index (χ1n) is 14.7. The molecular formula is C28H50N6O2. The van der Waals surface area contributed by atoms with E-state index in [0.717, 1.165) is 64.0 Å². The Bertz CT molecular complexity index is 762. The third-order valence-electron chi connectivity index (χ3n) is 7.29. The third kappa shape index (κ3) is 9.51. The smallest absolute Gasteiger partial charge is 0.320 e. The zero-order valence-corrected chi connectivity index (χ0v) is 23.1. The Labute approximate surface area is 219 Å². The molecule has 0 radical (unpaired) electrons. The number of ether oxygens (including phenoxy) is 2. The lowest BCUT2D eigenvalue weighted by Crippen LogP contribution is -2.38. The van der Waals surface area contributed by atoms with Crippen molar-refractivity contribution in [2.24, 2.45) is 11.0 Å². The summed E-state index contributed by atoms with van der Waals surface area (Å²) in [6.45, 7) is 13.3. The van der Waals surface area contributed by atoms with Crippen LogP contribution >= 0.6 is 0 Å². The number of morpholine rings is 1. The molecule has 1 aliphatic carbocycles. The first kappa shape index (κ1) is 28.6. The van der Waals surface area contributed by atoms with Crippen LogP contribution < -0.4 is 15.1 Å². The van der Waals surface area contributed by atoms with Gasteiger partial charge in [-0.1, -0.05) is 46.5 Å². The van der Waals surface area contributed by atoms with Crippen molar-refractivity contribution in [2.75, 3.05) is 62.9 Å². The molecule has 1 atom stereocenters. The molecule has 0 spiro atoms. The Morgan fingerprint density at radius 1 is 1.03 bits per heavy atom. The molecule has 2 saturated heterocycles. The molecular weight excluding hydrogens is 452 g/mol. The molecule has 1 aromatic rings. The zero-order chi connectivity index (χ0) is 25.4. The molecule has 1 aromatic heterocycles. The average Bonchev–Trinajstić information content (AvgIpc) is 2.95. The average molecular weight is 503 g/mol. The number of hydrogen-bond acceptors (Lipinski definition) is 8. The fourth-order valence-electron chi connectivity index (χ4n) is 5.21. The van der Waals surface area contributed by atoms with Crippen molar-refractivity contribution in [1.29, 1.82) is 0 Å². The molecule has 0 unspecified atom stereocenters. The molecule has 8 nitrogen and oxygen atoms in total. The normalized spacial score (nSPS) is 22.1. The van der Waals surface area contributed by atoms with E-state index in [1.54, 1.807) is 0 Å². The number of anilines is 2. The number of unbranched alkanes of at least 4 members (excludes halogenated alkanes) is 2. The quantitative estimate of drug-likeness (QED) is 0.305. The molecule has 2 aliphatic heterocycles. The number of nitrogens with zero attached hydrogens (tertiary/aromatic N) is 5. The predicted octanol–water partition coefficient (Wildman–Crippen LogP) is 5.74. The van der Waals surface area contributed by atoms with Crippen molar-refractivity contribution in [2.45, 2.75) is 91.4 Å². The van der Waals surface area contributed by atoms with Crippen LogP contribution in [-0.4, -0.2) is 73.1 Å². The lowest BCUT2D eigenvalue weighted by molar-refractivity contribution is 0.0317. The second kappa shape index (κ2) is 16.7. The van der Waals surface area contributed by atoms with Crippen LogP contribution in [0.5, 0.6) is 6.01 Å². The second-order valence-electron chi connectivity index (χ2n) is 9.90. The third-order valence-corrected chi connectivity index (χ3v) is 7.29. The minimum absolute atomic E-state index is 0.446. The lowest BCUT2D eigenvalue weighted by Gasteiger charge is -2.28. The van der Waals surface area contributed by atoms with Gasteiger partial charge in [-0.15, -0.1) is 0 Å². The van der Waals surface area contributed by atoms with Crippen LogP contribution in [0.4, 0.5) is 11.6 Å². The standard InChI is InChI=1S/C26H44N6O2.C2H6/c1-2-3-5-10-22-11-6-7-12-23(22)29-30-24-21-25(32-13-8-4-9-14-32)28-26(27-24)34-20-17-31-15-18-33-19-16-31;1-2/h21-22H,2-20H2,1H3,(H,27,28,30);1-2H3/b29-23+;/t22-;/m0./s1. The molecule has 1 saturated carbocycles. The van der Waals surface area contributed by atoms with Gasteiger partial charge in [0.25, 0.3) is 0 Å². The van der Waals surface area contributed by atoms with E-state index in [9.17, 15) is 0 Å². The fourth-order valence-corrected chi connectivity index (χ4v) is 5.21. The van der Waals surface area contributed by atoms with Crippen LogP contribution in [0.25, 0.3) is 0 Å². The van der Waals surface area contributed by atoms with E-state index in [2.05, 4.69) is 27.1 Å². The van der Waals surface area contributed by atoms with Crippen molar-refractivity contribution in [3.8, 4) is 6.01 Å². The second-order valence-corrected chi connectivity index (χ2v) is 9.90. The highest BCUT2D eigenvalue weighted by atomic mass is 16.5. The van der Waals surface area contributed by atoms with Crippen molar-refractivity contribution >= 4 is 17.3 Å². The molecule has 0 aromatic carbocycles. The summed E-state index contributed by atoms with van der Waals surface area (Å²) in [5, 5.41) is 4.87. The van der Waals surface area contributed by atoms with Crippen molar-refractivity contribution < 1.29 is 9.47 Å². The largest absolute Gasteiger partial charge is 0.462 e. The van der Waals surface area contributed by atoms with Crippen molar-refractivity contribution in [3.63, 3.8) is 0 Å². The molecule has 3 fully saturated rings. The number of piperidine rings is 1. The van der Waals surface area contributed by atoms with Crippen LogP contribution in [0.1, 0.15) is 91.4 Å². The maximum atomic E-state index is 6.04. The minimum Gasteiger partial charge on any atom is -0.462 e. The Hall–Kier alpha value is -1.93. The highest BCUT2D eigenvalue weighted by Crippen LogP contribution is 2.27. The summed E-state index contributed by atoms with van der Waals surface area (Å²) in [5.74, 6) is 2.30. The van der Waals surface area contributed by atoms with Gasteiger partial charge in [-0.25, -0.2) is 0 Å². The Morgan fingerprint density at radius 2 is 1.83 bits per heavy atom. The molecule has 8 heteroatoms. The van der Waals surface area contributed by atoms with Crippen molar-refractivity contribution in [3.05, 3.63) is 6.07 Å². The summed E-state index contributed by atoms with van der Waals surface area (Å²) in [7, 11) is 0. The molecule has 4 rings (SSSR count). The first-order valence-corrected chi connectivity index (χ1v) is 14.7. The Kier molecular flexibility index (Phi) is 13.3. The zero-order valence-electron chi connectivity index (χ0n) is 23.1. The maximum absolute atomic E-state index is 6.04. The van der Waals surface area contributed by atoms with Crippen molar-refractivity contribution in [1.82, 2.24) is 14.9 Å². The van der Waals surface area contributed by atoms with Gasteiger partial charge in [0.15, 0.2) is 5.82 Å². The molecule has 3 heterocycles. The molecule has 0 amide bonds. The molecule has 0 bridgehead atoms. The molecule has 1 N–H and O–H groups in total. The topological polar surface area (TPSA) is 75.1 Å². The minimum atomic E-state index is 0.446. The summed E-state index contributed by atoms with van der Waals surface area (Å²) < 4.78 is 11.5. The van der Waals surface area contributed by atoms with E-state index in [1.165, 1.54) is 69.9 Å². The number of nitrogens with one attached hydrogen (secondary N) is 1. The first-order chi connectivity index (χ1) is 17.8. The van der Waals surface area contributed by atoms with Crippen LogP contribution in [0, 0.1) is 5.92 Å². The number of rotatable bonds is 11.